The molecule has 1 amide bonds. The molecule has 0 saturated carbocycles. The normalized spacial score (nSPS) is 12.5. The minimum absolute atomic E-state index is 0.0940. The number of carbonyl (C=O) groups excluding carboxylic acids is 1. The summed E-state index contributed by atoms with van der Waals surface area (Å²) in [5.74, 6) is 0.610. The third kappa shape index (κ3) is 3.45. The Balaban J connectivity index is 2.25. The molecule has 1 atom stereocenters. The molecule has 1 aromatic carbocycles. The number of nitrogens with zero attached hydrogens (tertiary/aromatic N) is 1. The molecule has 1 aromatic heterocycles. The highest BCUT2D eigenvalue weighted by molar-refractivity contribution is 6.30. The second-order valence-electron chi connectivity index (χ2n) is 5.45. The van der Waals surface area contributed by atoms with E-state index < -0.39 is 0 Å². The van der Waals surface area contributed by atoms with E-state index in [-0.39, 0.29) is 17.9 Å². The molecule has 5 heteroatoms. The fraction of sp³-hybridized carbons (Fsp3) is 0.375. The van der Waals surface area contributed by atoms with Gasteiger partial charge in [0, 0.05) is 5.02 Å². The summed E-state index contributed by atoms with van der Waals surface area (Å²) in [6.45, 7) is 7.62. The van der Waals surface area contributed by atoms with Gasteiger partial charge in [0.1, 0.15) is 11.3 Å². The molecule has 0 aliphatic rings. The summed E-state index contributed by atoms with van der Waals surface area (Å²) in [7, 11) is 0. The van der Waals surface area contributed by atoms with E-state index >= 15 is 0 Å². The first kappa shape index (κ1) is 15.6. The van der Waals surface area contributed by atoms with E-state index in [0.717, 1.165) is 5.56 Å². The van der Waals surface area contributed by atoms with Crippen molar-refractivity contribution in [3.05, 3.63) is 51.9 Å². The summed E-state index contributed by atoms with van der Waals surface area (Å²) in [5.41, 5.74) is 2.13. The molecule has 0 aliphatic carbocycles. The van der Waals surface area contributed by atoms with E-state index in [4.69, 9.17) is 16.1 Å². The van der Waals surface area contributed by atoms with Crippen molar-refractivity contribution >= 4 is 17.5 Å². The van der Waals surface area contributed by atoms with Crippen LogP contribution in [0.25, 0.3) is 0 Å². The van der Waals surface area contributed by atoms with Gasteiger partial charge in [-0.15, -0.1) is 0 Å². The van der Waals surface area contributed by atoms with Crippen LogP contribution in [0.4, 0.5) is 0 Å². The summed E-state index contributed by atoms with van der Waals surface area (Å²) in [4.78, 5) is 12.5. The maximum atomic E-state index is 12.5. The lowest BCUT2D eigenvalue weighted by Gasteiger charge is -2.23. The van der Waals surface area contributed by atoms with Crippen LogP contribution in [-0.4, -0.2) is 11.1 Å². The topological polar surface area (TPSA) is 55.1 Å². The Hall–Kier alpha value is -1.81. The van der Waals surface area contributed by atoms with Crippen LogP contribution in [0.15, 0.2) is 28.8 Å². The molecule has 21 heavy (non-hydrogen) atoms. The summed E-state index contributed by atoms with van der Waals surface area (Å²) in [5, 5.41) is 7.55. The lowest BCUT2D eigenvalue weighted by atomic mass is 9.95. The first-order chi connectivity index (χ1) is 9.90. The van der Waals surface area contributed by atoms with Gasteiger partial charge in [0.15, 0.2) is 0 Å². The second kappa shape index (κ2) is 6.31. The van der Waals surface area contributed by atoms with Gasteiger partial charge in [-0.2, -0.15) is 0 Å². The fourth-order valence-corrected chi connectivity index (χ4v) is 2.45. The van der Waals surface area contributed by atoms with Gasteiger partial charge in [-0.1, -0.05) is 42.7 Å². The molecule has 0 aliphatic heterocycles. The van der Waals surface area contributed by atoms with Crippen molar-refractivity contribution in [3.63, 3.8) is 0 Å². The van der Waals surface area contributed by atoms with E-state index in [1.54, 1.807) is 13.8 Å². The monoisotopic (exact) mass is 306 g/mol. The predicted octanol–water partition coefficient (Wildman–Crippen LogP) is 4.07. The Kier molecular flexibility index (Phi) is 4.68. The van der Waals surface area contributed by atoms with E-state index in [0.29, 0.717) is 22.0 Å². The van der Waals surface area contributed by atoms with Gasteiger partial charge < -0.3 is 9.84 Å². The number of amides is 1. The highest BCUT2D eigenvalue weighted by Gasteiger charge is 2.23. The summed E-state index contributed by atoms with van der Waals surface area (Å²) in [6.07, 6.45) is 0. The molecule has 0 saturated heterocycles. The standard InChI is InChI=1S/C16H19ClN2O2/c1-9(2)15(12-5-7-13(17)8-6-12)18-16(20)14-10(3)19-21-11(14)4/h5-9,15H,1-4H3,(H,18,20)/t15-/m1/s1. The highest BCUT2D eigenvalue weighted by Crippen LogP contribution is 2.24. The number of halogens is 1. The minimum atomic E-state index is -0.167. The van der Waals surface area contributed by atoms with E-state index in [1.807, 2.05) is 24.3 Å². The molecule has 0 spiro atoms. The van der Waals surface area contributed by atoms with Crippen molar-refractivity contribution < 1.29 is 9.32 Å². The number of aromatic nitrogens is 1. The van der Waals surface area contributed by atoms with Gasteiger partial charge in [0.05, 0.1) is 11.7 Å². The molecular formula is C16H19ClN2O2. The van der Waals surface area contributed by atoms with Crippen LogP contribution in [0, 0.1) is 19.8 Å². The van der Waals surface area contributed by atoms with Crippen LogP contribution < -0.4 is 5.32 Å². The van der Waals surface area contributed by atoms with Crippen molar-refractivity contribution in [1.29, 1.82) is 0 Å². The smallest absolute Gasteiger partial charge is 0.257 e. The van der Waals surface area contributed by atoms with E-state index in [9.17, 15) is 4.79 Å². The van der Waals surface area contributed by atoms with Crippen LogP contribution in [0.1, 0.15) is 47.3 Å². The van der Waals surface area contributed by atoms with Crippen molar-refractivity contribution in [1.82, 2.24) is 10.5 Å². The molecule has 0 bridgehead atoms. The number of hydrogen-bond acceptors (Lipinski definition) is 3. The maximum Gasteiger partial charge on any atom is 0.257 e. The zero-order chi connectivity index (χ0) is 15.6. The Bertz CT molecular complexity index is 613. The maximum absolute atomic E-state index is 12.5. The SMILES string of the molecule is Cc1noc(C)c1C(=O)N[C@@H](c1ccc(Cl)cc1)C(C)C. The molecule has 0 radical (unpaired) electrons. The van der Waals surface area contributed by atoms with Crippen LogP contribution in [-0.2, 0) is 0 Å². The molecule has 4 nitrogen and oxygen atoms in total. The first-order valence-corrected chi connectivity index (χ1v) is 7.27. The summed E-state index contributed by atoms with van der Waals surface area (Å²) >= 11 is 5.92. The third-order valence-corrected chi connectivity index (χ3v) is 3.69. The Morgan fingerprint density at radius 2 is 1.86 bits per heavy atom. The predicted molar refractivity (Wildman–Crippen MR) is 82.5 cm³/mol. The van der Waals surface area contributed by atoms with Crippen LogP contribution in [0.3, 0.4) is 0 Å². The molecule has 112 valence electrons. The number of aryl methyl sites for hydroxylation is 2. The average molecular weight is 307 g/mol. The van der Waals surface area contributed by atoms with Crippen LogP contribution in [0.5, 0.6) is 0 Å². The minimum Gasteiger partial charge on any atom is -0.361 e. The molecule has 0 fully saturated rings. The van der Waals surface area contributed by atoms with Gasteiger partial charge in [0.25, 0.3) is 5.91 Å². The number of carbonyl (C=O) groups is 1. The lowest BCUT2D eigenvalue weighted by molar-refractivity contribution is 0.0923. The Morgan fingerprint density at radius 1 is 1.24 bits per heavy atom. The number of hydrogen-bond donors (Lipinski definition) is 1. The van der Waals surface area contributed by atoms with Crippen molar-refractivity contribution in [2.24, 2.45) is 5.92 Å². The molecule has 1 N–H and O–H groups in total. The van der Waals surface area contributed by atoms with Gasteiger partial charge in [-0.25, -0.2) is 0 Å². The summed E-state index contributed by atoms with van der Waals surface area (Å²) < 4.78 is 5.05. The lowest BCUT2D eigenvalue weighted by Crippen LogP contribution is -2.32. The second-order valence-corrected chi connectivity index (χ2v) is 5.88. The largest absolute Gasteiger partial charge is 0.361 e. The van der Waals surface area contributed by atoms with E-state index in [2.05, 4.69) is 24.3 Å². The molecule has 0 unspecified atom stereocenters. The molecule has 2 aromatic rings. The van der Waals surface area contributed by atoms with Crippen molar-refractivity contribution in [2.75, 3.05) is 0 Å². The molecule has 1 heterocycles. The third-order valence-electron chi connectivity index (χ3n) is 3.44. The molecule has 2 rings (SSSR count). The Morgan fingerprint density at radius 3 is 2.33 bits per heavy atom. The van der Waals surface area contributed by atoms with Crippen LogP contribution >= 0.6 is 11.6 Å². The zero-order valence-corrected chi connectivity index (χ0v) is 13.4. The number of rotatable bonds is 4. The average Bonchev–Trinajstić information content (AvgIpc) is 2.76. The number of nitrogens with one attached hydrogen (secondary N) is 1. The van der Waals surface area contributed by atoms with Crippen molar-refractivity contribution in [3.8, 4) is 0 Å². The first-order valence-electron chi connectivity index (χ1n) is 6.89. The van der Waals surface area contributed by atoms with E-state index in [1.165, 1.54) is 0 Å². The Labute approximate surface area is 129 Å². The summed E-state index contributed by atoms with van der Waals surface area (Å²) in [6, 6.07) is 7.42. The van der Waals surface area contributed by atoms with Gasteiger partial charge >= 0.3 is 0 Å². The zero-order valence-electron chi connectivity index (χ0n) is 12.6. The van der Waals surface area contributed by atoms with Gasteiger partial charge in [-0.3, -0.25) is 4.79 Å². The van der Waals surface area contributed by atoms with Crippen LogP contribution in [0.2, 0.25) is 5.02 Å². The van der Waals surface area contributed by atoms with Gasteiger partial charge in [0.2, 0.25) is 0 Å². The van der Waals surface area contributed by atoms with Crippen molar-refractivity contribution in [2.45, 2.75) is 33.7 Å². The quantitative estimate of drug-likeness (QED) is 0.926. The van der Waals surface area contributed by atoms with Gasteiger partial charge in [-0.05, 0) is 37.5 Å². The number of benzene rings is 1. The highest BCUT2D eigenvalue weighted by atomic mass is 35.5. The molecular weight excluding hydrogens is 288 g/mol. The fourth-order valence-electron chi connectivity index (χ4n) is 2.33.